The Hall–Kier alpha value is -1.01. The van der Waals surface area contributed by atoms with E-state index in [4.69, 9.17) is 4.74 Å². The predicted molar refractivity (Wildman–Crippen MR) is 77.4 cm³/mol. The third-order valence-corrected chi connectivity index (χ3v) is 3.83. The molecule has 0 aliphatic heterocycles. The van der Waals surface area contributed by atoms with Gasteiger partial charge in [0.25, 0.3) is 0 Å². The molecule has 0 aliphatic rings. The molecular weight excluding hydrogens is 401 g/mol. The monoisotopic (exact) mass is 408 g/mol. The number of halogens is 5. The van der Waals surface area contributed by atoms with E-state index in [-0.39, 0.29) is 11.1 Å². The maximum absolute atomic E-state index is 13.7. The Bertz CT molecular complexity index is 609. The summed E-state index contributed by atoms with van der Waals surface area (Å²) in [5.74, 6) is -2.37. The normalized spacial score (nSPS) is 10.7. The molecule has 0 unspecified atom stereocenters. The first-order valence-electron chi connectivity index (χ1n) is 5.62. The number of hydrogen-bond donors (Lipinski definition) is 0. The quantitative estimate of drug-likeness (QED) is 0.619. The Labute approximate surface area is 131 Å². The molecule has 2 aromatic rings. The molecule has 0 spiro atoms. The van der Waals surface area contributed by atoms with E-state index < -0.39 is 23.2 Å². The lowest BCUT2D eigenvalue weighted by molar-refractivity contribution is 0.273. The van der Waals surface area contributed by atoms with Gasteiger partial charge in [0.1, 0.15) is 12.4 Å². The first kappa shape index (κ1) is 15.4. The number of hydrogen-bond acceptors (Lipinski definition) is 1. The number of ether oxygens (including phenoxy) is 1. The summed E-state index contributed by atoms with van der Waals surface area (Å²) in [5, 5.41) is 0.353. The Morgan fingerprint density at radius 1 is 0.900 bits per heavy atom. The first-order chi connectivity index (χ1) is 9.51. The minimum Gasteiger partial charge on any atom is -0.483 e. The molecule has 20 heavy (non-hydrogen) atoms. The molecule has 6 heteroatoms. The van der Waals surface area contributed by atoms with Gasteiger partial charge in [0, 0.05) is 5.33 Å². The van der Waals surface area contributed by atoms with Crippen molar-refractivity contribution in [1.82, 2.24) is 0 Å². The van der Waals surface area contributed by atoms with Gasteiger partial charge >= 0.3 is 0 Å². The van der Waals surface area contributed by atoms with Crippen molar-refractivity contribution in [2.24, 2.45) is 0 Å². The van der Waals surface area contributed by atoms with Gasteiger partial charge in [0.05, 0.1) is 4.47 Å². The minimum atomic E-state index is -0.763. The zero-order valence-electron chi connectivity index (χ0n) is 10.1. The van der Waals surface area contributed by atoms with Gasteiger partial charge < -0.3 is 4.74 Å². The molecule has 0 radical (unpaired) electrons. The van der Waals surface area contributed by atoms with Crippen molar-refractivity contribution in [3.63, 3.8) is 0 Å². The Morgan fingerprint density at radius 2 is 1.55 bits per heavy atom. The molecule has 0 atom stereocenters. The Kier molecular flexibility index (Phi) is 5.10. The molecule has 106 valence electrons. The average molecular weight is 410 g/mol. The van der Waals surface area contributed by atoms with E-state index in [1.54, 1.807) is 0 Å². The van der Waals surface area contributed by atoms with Gasteiger partial charge in [0.15, 0.2) is 17.4 Å². The van der Waals surface area contributed by atoms with Crippen molar-refractivity contribution in [2.75, 3.05) is 0 Å². The molecule has 2 aromatic carbocycles. The minimum absolute atomic E-state index is 0.0552. The van der Waals surface area contributed by atoms with E-state index in [1.807, 2.05) is 0 Å². The van der Waals surface area contributed by atoms with Crippen molar-refractivity contribution < 1.29 is 17.9 Å². The van der Waals surface area contributed by atoms with Crippen molar-refractivity contribution in [3.8, 4) is 5.75 Å². The molecular formula is C14H9Br2F3O. The van der Waals surface area contributed by atoms with Crippen LogP contribution < -0.4 is 4.74 Å². The van der Waals surface area contributed by atoms with Crippen LogP contribution >= 0.6 is 31.9 Å². The van der Waals surface area contributed by atoms with E-state index >= 15 is 0 Å². The lowest BCUT2D eigenvalue weighted by atomic mass is 10.2. The maximum atomic E-state index is 13.7. The second-order valence-electron chi connectivity index (χ2n) is 4.06. The summed E-state index contributed by atoms with van der Waals surface area (Å²) in [6.07, 6.45) is 0. The lowest BCUT2D eigenvalue weighted by Gasteiger charge is -2.10. The van der Waals surface area contributed by atoms with Crippen LogP contribution in [0, 0.1) is 17.5 Å². The average Bonchev–Trinajstić information content (AvgIpc) is 2.41. The van der Waals surface area contributed by atoms with Gasteiger partial charge in [-0.3, -0.25) is 0 Å². The van der Waals surface area contributed by atoms with Crippen LogP contribution in [0.5, 0.6) is 5.75 Å². The van der Waals surface area contributed by atoms with Crippen LogP contribution in [0.25, 0.3) is 0 Å². The summed E-state index contributed by atoms with van der Waals surface area (Å²) in [7, 11) is 0. The fraction of sp³-hybridized carbons (Fsp3) is 0.143. The van der Waals surface area contributed by atoms with Crippen LogP contribution in [0.2, 0.25) is 0 Å². The summed E-state index contributed by atoms with van der Waals surface area (Å²) < 4.78 is 45.9. The first-order valence-corrected chi connectivity index (χ1v) is 7.53. The van der Waals surface area contributed by atoms with E-state index in [1.165, 1.54) is 30.3 Å². The standard InChI is InChI=1S/C14H9Br2F3O/c15-6-9-4-12(18)14(13(19)5-9)20-7-8-1-2-11(17)10(16)3-8/h1-5H,6-7H2. The topological polar surface area (TPSA) is 9.23 Å². The largest absolute Gasteiger partial charge is 0.483 e. The number of benzene rings is 2. The fourth-order valence-electron chi connectivity index (χ4n) is 1.61. The van der Waals surface area contributed by atoms with Gasteiger partial charge in [-0.25, -0.2) is 13.2 Å². The summed E-state index contributed by atoms with van der Waals surface area (Å²) in [6, 6.07) is 6.64. The van der Waals surface area contributed by atoms with Crippen molar-refractivity contribution in [3.05, 3.63) is 63.4 Å². The maximum Gasteiger partial charge on any atom is 0.191 e. The van der Waals surface area contributed by atoms with E-state index in [2.05, 4.69) is 31.9 Å². The predicted octanol–water partition coefficient (Wildman–Crippen LogP) is 5.34. The van der Waals surface area contributed by atoms with Crippen LogP contribution in [0.1, 0.15) is 11.1 Å². The SMILES string of the molecule is Fc1ccc(COc2c(F)cc(CBr)cc2F)cc1Br. The number of rotatable bonds is 4. The van der Waals surface area contributed by atoms with E-state index in [9.17, 15) is 13.2 Å². The molecule has 0 bridgehead atoms. The molecule has 0 amide bonds. The van der Waals surface area contributed by atoms with Crippen molar-refractivity contribution in [2.45, 2.75) is 11.9 Å². The van der Waals surface area contributed by atoms with Crippen LogP contribution in [0.15, 0.2) is 34.8 Å². The fourth-order valence-corrected chi connectivity index (χ4v) is 2.36. The van der Waals surface area contributed by atoms with E-state index in [0.717, 1.165) is 0 Å². The summed E-state index contributed by atoms with van der Waals surface area (Å²) in [6.45, 7) is -0.0552. The van der Waals surface area contributed by atoms with Gasteiger partial charge in [-0.15, -0.1) is 0 Å². The highest BCUT2D eigenvalue weighted by molar-refractivity contribution is 9.10. The van der Waals surface area contributed by atoms with Crippen LogP contribution in [-0.2, 0) is 11.9 Å². The molecule has 0 saturated heterocycles. The molecule has 0 heterocycles. The van der Waals surface area contributed by atoms with E-state index in [0.29, 0.717) is 16.5 Å². The highest BCUT2D eigenvalue weighted by Gasteiger charge is 2.13. The molecule has 0 N–H and O–H groups in total. The number of alkyl halides is 1. The third-order valence-electron chi connectivity index (χ3n) is 2.58. The zero-order valence-corrected chi connectivity index (χ0v) is 13.3. The highest BCUT2D eigenvalue weighted by atomic mass is 79.9. The smallest absolute Gasteiger partial charge is 0.191 e. The van der Waals surface area contributed by atoms with Crippen molar-refractivity contribution >= 4 is 31.9 Å². The summed E-state index contributed by atoms with van der Waals surface area (Å²) in [5.41, 5.74) is 1.08. The van der Waals surface area contributed by atoms with Crippen LogP contribution in [0.3, 0.4) is 0 Å². The summed E-state index contributed by atoms with van der Waals surface area (Å²) in [4.78, 5) is 0. The lowest BCUT2D eigenvalue weighted by Crippen LogP contribution is -2.01. The van der Waals surface area contributed by atoms with Crippen LogP contribution in [-0.4, -0.2) is 0 Å². The molecule has 0 fully saturated rings. The Morgan fingerprint density at radius 3 is 2.10 bits per heavy atom. The molecule has 0 aliphatic carbocycles. The summed E-state index contributed by atoms with van der Waals surface area (Å²) >= 11 is 6.16. The second kappa shape index (κ2) is 6.63. The van der Waals surface area contributed by atoms with Gasteiger partial charge in [-0.1, -0.05) is 22.0 Å². The van der Waals surface area contributed by atoms with Crippen molar-refractivity contribution in [1.29, 1.82) is 0 Å². The molecule has 0 aromatic heterocycles. The van der Waals surface area contributed by atoms with Gasteiger partial charge in [-0.2, -0.15) is 0 Å². The highest BCUT2D eigenvalue weighted by Crippen LogP contribution is 2.26. The van der Waals surface area contributed by atoms with Gasteiger partial charge in [0.2, 0.25) is 0 Å². The molecule has 0 saturated carbocycles. The second-order valence-corrected chi connectivity index (χ2v) is 5.47. The third kappa shape index (κ3) is 3.55. The van der Waals surface area contributed by atoms with Gasteiger partial charge in [-0.05, 0) is 51.3 Å². The zero-order chi connectivity index (χ0) is 14.7. The Balaban J connectivity index is 2.16. The van der Waals surface area contributed by atoms with Crippen LogP contribution in [0.4, 0.5) is 13.2 Å². The molecule has 1 nitrogen and oxygen atoms in total. The molecule has 2 rings (SSSR count).